The van der Waals surface area contributed by atoms with Crippen LogP contribution in [0.15, 0.2) is 40.7 Å². The first kappa shape index (κ1) is 17.1. The zero-order valence-corrected chi connectivity index (χ0v) is 15.0. The van der Waals surface area contributed by atoms with Crippen LogP contribution >= 0.6 is 11.3 Å². The second kappa shape index (κ2) is 7.00. The first-order valence-corrected chi connectivity index (χ1v) is 10.0. The molecule has 1 amide bonds. The maximum Gasteiger partial charge on any atom is 0.265 e. The molecule has 0 N–H and O–H groups in total. The first-order valence-electron chi connectivity index (χ1n) is 7.73. The molecular formula is C16H19N3O3S2. The molecule has 0 bridgehead atoms. The topological polar surface area (TPSA) is 70.6 Å². The van der Waals surface area contributed by atoms with Gasteiger partial charge in [-0.05, 0) is 36.4 Å². The van der Waals surface area contributed by atoms with E-state index in [1.54, 1.807) is 18.6 Å². The number of sulfonamides is 1. The minimum absolute atomic E-state index is 0.118. The van der Waals surface area contributed by atoms with Gasteiger partial charge in [0.25, 0.3) is 5.91 Å². The van der Waals surface area contributed by atoms with Crippen molar-refractivity contribution in [3.8, 4) is 0 Å². The van der Waals surface area contributed by atoms with E-state index in [9.17, 15) is 13.2 Å². The molecule has 0 spiro atoms. The third kappa shape index (κ3) is 3.35. The lowest BCUT2D eigenvalue weighted by atomic mass is 10.3. The van der Waals surface area contributed by atoms with Gasteiger partial charge in [-0.1, -0.05) is 6.07 Å². The van der Waals surface area contributed by atoms with E-state index >= 15 is 0 Å². The van der Waals surface area contributed by atoms with Crippen LogP contribution in [0.2, 0.25) is 0 Å². The Balaban J connectivity index is 1.83. The van der Waals surface area contributed by atoms with E-state index in [2.05, 4.69) is 4.98 Å². The number of hydrogen-bond donors (Lipinski definition) is 0. The lowest BCUT2D eigenvalue weighted by molar-refractivity contribution is 0.0784. The standard InChI is InChI=1S/C16H19N3O3S2/c1-18(12-13-6-2-3-8-17-13)16(20)15-14(7-11-23-15)24(21,22)19-9-4-5-10-19/h2-3,6-8,11H,4-5,9-10,12H2,1H3. The van der Waals surface area contributed by atoms with Crippen molar-refractivity contribution in [1.29, 1.82) is 0 Å². The van der Waals surface area contributed by atoms with Crippen molar-refractivity contribution in [2.45, 2.75) is 24.3 Å². The number of aromatic nitrogens is 1. The van der Waals surface area contributed by atoms with Crippen molar-refractivity contribution in [1.82, 2.24) is 14.2 Å². The summed E-state index contributed by atoms with van der Waals surface area (Å²) in [5.41, 5.74) is 0.758. The van der Waals surface area contributed by atoms with Gasteiger partial charge >= 0.3 is 0 Å². The highest BCUT2D eigenvalue weighted by atomic mass is 32.2. The number of carbonyl (C=O) groups is 1. The maximum absolute atomic E-state index is 12.8. The van der Waals surface area contributed by atoms with Crippen LogP contribution in [-0.2, 0) is 16.6 Å². The predicted octanol–water partition coefficient (Wildman–Crippen LogP) is 2.20. The minimum atomic E-state index is -3.60. The molecule has 2 aromatic heterocycles. The second-order valence-corrected chi connectivity index (χ2v) is 8.53. The Hall–Kier alpha value is -1.77. The predicted molar refractivity (Wildman–Crippen MR) is 92.3 cm³/mol. The largest absolute Gasteiger partial charge is 0.335 e. The normalized spacial score (nSPS) is 15.5. The van der Waals surface area contributed by atoms with E-state index in [1.165, 1.54) is 15.3 Å². The van der Waals surface area contributed by atoms with Crippen LogP contribution in [0.25, 0.3) is 0 Å². The van der Waals surface area contributed by atoms with Gasteiger partial charge in [0.05, 0.1) is 12.2 Å². The fourth-order valence-electron chi connectivity index (χ4n) is 2.70. The summed E-state index contributed by atoms with van der Waals surface area (Å²) in [4.78, 5) is 18.8. The van der Waals surface area contributed by atoms with Crippen LogP contribution in [0.3, 0.4) is 0 Å². The summed E-state index contributed by atoms with van der Waals surface area (Å²) in [5.74, 6) is -0.298. The van der Waals surface area contributed by atoms with Gasteiger partial charge in [-0.2, -0.15) is 4.31 Å². The van der Waals surface area contributed by atoms with E-state index in [-0.39, 0.29) is 15.7 Å². The number of rotatable bonds is 5. The number of pyridine rings is 1. The van der Waals surface area contributed by atoms with Gasteiger partial charge in [0.1, 0.15) is 9.77 Å². The Morgan fingerprint density at radius 3 is 2.71 bits per heavy atom. The third-order valence-corrected chi connectivity index (χ3v) is 6.95. The molecule has 0 aromatic carbocycles. The van der Waals surface area contributed by atoms with Gasteiger partial charge in [0.15, 0.2) is 0 Å². The Morgan fingerprint density at radius 2 is 2.04 bits per heavy atom. The molecule has 1 saturated heterocycles. The molecule has 3 rings (SSSR count). The minimum Gasteiger partial charge on any atom is -0.335 e. The SMILES string of the molecule is CN(Cc1ccccn1)C(=O)c1sccc1S(=O)(=O)N1CCCC1. The van der Waals surface area contributed by atoms with E-state index in [4.69, 9.17) is 0 Å². The Bertz CT molecular complexity index is 812. The molecule has 1 aliphatic rings. The zero-order valence-electron chi connectivity index (χ0n) is 13.4. The summed E-state index contributed by atoms with van der Waals surface area (Å²) < 4.78 is 27.0. The highest BCUT2D eigenvalue weighted by Crippen LogP contribution is 2.28. The monoisotopic (exact) mass is 365 g/mol. The molecule has 8 heteroatoms. The molecule has 0 aliphatic carbocycles. The van der Waals surface area contributed by atoms with Crippen LogP contribution in [0.5, 0.6) is 0 Å². The van der Waals surface area contributed by atoms with E-state index in [1.807, 2.05) is 18.2 Å². The Labute approximate surface area is 145 Å². The maximum atomic E-state index is 12.8. The van der Waals surface area contributed by atoms with Crippen molar-refractivity contribution >= 4 is 27.3 Å². The van der Waals surface area contributed by atoms with Crippen molar-refractivity contribution in [2.24, 2.45) is 0 Å². The molecule has 3 heterocycles. The molecule has 128 valence electrons. The summed E-state index contributed by atoms with van der Waals surface area (Å²) in [6, 6.07) is 7.03. The van der Waals surface area contributed by atoms with Crippen molar-refractivity contribution < 1.29 is 13.2 Å². The molecule has 0 atom stereocenters. The molecule has 2 aromatic rings. The Morgan fingerprint density at radius 1 is 1.29 bits per heavy atom. The van der Waals surface area contributed by atoms with Crippen LogP contribution < -0.4 is 0 Å². The van der Waals surface area contributed by atoms with Gasteiger partial charge in [0.2, 0.25) is 10.0 Å². The van der Waals surface area contributed by atoms with E-state index < -0.39 is 10.0 Å². The van der Waals surface area contributed by atoms with Gasteiger partial charge in [-0.25, -0.2) is 8.42 Å². The average molecular weight is 365 g/mol. The number of thiophene rings is 1. The summed E-state index contributed by atoms with van der Waals surface area (Å²) >= 11 is 1.16. The van der Waals surface area contributed by atoms with Gasteiger partial charge < -0.3 is 4.90 Å². The van der Waals surface area contributed by atoms with Crippen LogP contribution in [0.1, 0.15) is 28.2 Å². The zero-order chi connectivity index (χ0) is 17.2. The Kier molecular flexibility index (Phi) is 4.98. The molecule has 1 aliphatic heterocycles. The molecule has 0 unspecified atom stereocenters. The first-order chi connectivity index (χ1) is 11.5. The molecular weight excluding hydrogens is 346 g/mol. The van der Waals surface area contributed by atoms with E-state index in [0.717, 1.165) is 29.9 Å². The molecule has 0 saturated carbocycles. The molecule has 0 radical (unpaired) electrons. The van der Waals surface area contributed by atoms with Crippen molar-refractivity contribution in [2.75, 3.05) is 20.1 Å². The number of nitrogens with zero attached hydrogens (tertiary/aromatic N) is 3. The van der Waals surface area contributed by atoms with Gasteiger partial charge in [0, 0.05) is 26.3 Å². The summed E-state index contributed by atoms with van der Waals surface area (Å²) in [6.07, 6.45) is 3.40. The van der Waals surface area contributed by atoms with Gasteiger partial charge in [-0.15, -0.1) is 11.3 Å². The van der Waals surface area contributed by atoms with Crippen molar-refractivity contribution in [3.05, 3.63) is 46.4 Å². The van der Waals surface area contributed by atoms with Crippen LogP contribution in [0.4, 0.5) is 0 Å². The second-order valence-electron chi connectivity index (χ2n) is 5.71. The lowest BCUT2D eigenvalue weighted by Crippen LogP contribution is -2.31. The van der Waals surface area contributed by atoms with E-state index in [0.29, 0.717) is 19.6 Å². The van der Waals surface area contributed by atoms with Crippen LogP contribution in [-0.4, -0.2) is 48.7 Å². The number of amides is 1. The lowest BCUT2D eigenvalue weighted by Gasteiger charge is -2.19. The third-order valence-electron chi connectivity index (χ3n) is 3.98. The summed E-state index contributed by atoms with van der Waals surface area (Å²) in [7, 11) is -1.94. The fraction of sp³-hybridized carbons (Fsp3) is 0.375. The number of hydrogen-bond acceptors (Lipinski definition) is 5. The quantitative estimate of drug-likeness (QED) is 0.814. The molecule has 6 nitrogen and oxygen atoms in total. The molecule has 1 fully saturated rings. The van der Waals surface area contributed by atoms with Crippen LogP contribution in [0, 0.1) is 0 Å². The molecule has 24 heavy (non-hydrogen) atoms. The summed E-state index contributed by atoms with van der Waals surface area (Å²) in [5, 5.41) is 1.66. The van der Waals surface area contributed by atoms with Gasteiger partial charge in [-0.3, -0.25) is 9.78 Å². The highest BCUT2D eigenvalue weighted by molar-refractivity contribution is 7.89. The fourth-order valence-corrected chi connectivity index (χ4v) is 5.61. The smallest absolute Gasteiger partial charge is 0.265 e. The summed E-state index contributed by atoms with van der Waals surface area (Å²) in [6.45, 7) is 1.38. The average Bonchev–Trinajstić information content (AvgIpc) is 3.27. The number of carbonyl (C=O) groups excluding carboxylic acids is 1. The highest BCUT2D eigenvalue weighted by Gasteiger charge is 2.32. The van der Waals surface area contributed by atoms with Crippen molar-refractivity contribution in [3.63, 3.8) is 0 Å².